The zero-order chi connectivity index (χ0) is 10.4. The Balaban J connectivity index is 2.82. The average Bonchev–Trinajstić information content (AvgIpc) is 2.26. The van der Waals surface area contributed by atoms with Crippen molar-refractivity contribution < 1.29 is 9.53 Å². The summed E-state index contributed by atoms with van der Waals surface area (Å²) in [4.78, 5) is 15.3. The van der Waals surface area contributed by atoms with Gasteiger partial charge in [0.25, 0.3) is 5.91 Å². The number of amides is 1. The molecule has 0 spiro atoms. The lowest BCUT2D eigenvalue weighted by atomic mass is 10.2. The minimum absolute atomic E-state index is 0.260. The molecule has 0 saturated heterocycles. The molecular weight excluding hydrogens is 178 g/mol. The fourth-order valence-corrected chi connectivity index (χ4v) is 1.03. The quantitative estimate of drug-likeness (QED) is 0.531. The summed E-state index contributed by atoms with van der Waals surface area (Å²) in [5.41, 5.74) is 0.579. The van der Waals surface area contributed by atoms with Crippen molar-refractivity contribution >= 4 is 11.8 Å². The van der Waals surface area contributed by atoms with Crippen LogP contribution in [-0.2, 0) is 4.74 Å². The fourth-order valence-electron chi connectivity index (χ4n) is 1.03. The van der Waals surface area contributed by atoms with Crippen LogP contribution < -0.4 is 0 Å². The minimum Gasteiger partial charge on any atom is -0.484 e. The Morgan fingerprint density at radius 2 is 2.00 bits per heavy atom. The summed E-state index contributed by atoms with van der Waals surface area (Å²) in [6, 6.07) is 8.93. The molecule has 3 nitrogen and oxygen atoms in total. The number of rotatable bonds is 2. The number of ether oxygens (including phenoxy) is 1. The molecule has 0 aliphatic rings. The van der Waals surface area contributed by atoms with Crippen LogP contribution in [0, 0.1) is 0 Å². The second-order valence-electron chi connectivity index (χ2n) is 2.73. The van der Waals surface area contributed by atoms with Gasteiger partial charge in [-0.25, -0.2) is 0 Å². The van der Waals surface area contributed by atoms with Gasteiger partial charge in [-0.2, -0.15) is 4.99 Å². The van der Waals surface area contributed by atoms with Crippen LogP contribution in [0.4, 0.5) is 0 Å². The molecule has 0 fully saturated rings. The third kappa shape index (κ3) is 2.69. The topological polar surface area (TPSA) is 38.7 Å². The van der Waals surface area contributed by atoms with Crippen molar-refractivity contribution in [1.29, 1.82) is 0 Å². The van der Waals surface area contributed by atoms with E-state index in [2.05, 4.69) is 4.99 Å². The summed E-state index contributed by atoms with van der Waals surface area (Å²) in [5.74, 6) is 0.197. The molecule has 1 aromatic carbocycles. The summed E-state index contributed by atoms with van der Waals surface area (Å²) in [5, 5.41) is 0. The highest BCUT2D eigenvalue weighted by atomic mass is 16.5. The summed E-state index contributed by atoms with van der Waals surface area (Å²) in [6.07, 6.45) is 0.620. The molecule has 0 atom stereocenters. The molecule has 0 aliphatic carbocycles. The van der Waals surface area contributed by atoms with Crippen molar-refractivity contribution in [1.82, 2.24) is 0 Å². The van der Waals surface area contributed by atoms with Crippen LogP contribution in [0.25, 0.3) is 0 Å². The molecule has 14 heavy (non-hydrogen) atoms. The number of hydrogen-bond donors (Lipinski definition) is 0. The molecule has 0 radical (unpaired) electrons. The molecule has 0 N–H and O–H groups in total. The molecule has 3 heteroatoms. The third-order valence-corrected chi connectivity index (χ3v) is 1.79. The van der Waals surface area contributed by atoms with E-state index in [1.807, 2.05) is 13.0 Å². The molecule has 0 aromatic heterocycles. The van der Waals surface area contributed by atoms with E-state index in [4.69, 9.17) is 4.74 Å². The van der Waals surface area contributed by atoms with E-state index >= 15 is 0 Å². The highest BCUT2D eigenvalue weighted by molar-refractivity contribution is 6.01. The van der Waals surface area contributed by atoms with Gasteiger partial charge in [0.1, 0.15) is 0 Å². The molecule has 0 saturated carbocycles. The van der Waals surface area contributed by atoms with Gasteiger partial charge in [-0.15, -0.1) is 0 Å². The SMILES string of the molecule is CC/C(=N\C(=O)c1ccccc1)OC. The van der Waals surface area contributed by atoms with Crippen LogP contribution >= 0.6 is 0 Å². The van der Waals surface area contributed by atoms with E-state index in [0.29, 0.717) is 17.9 Å². The summed E-state index contributed by atoms with van der Waals surface area (Å²) >= 11 is 0. The van der Waals surface area contributed by atoms with E-state index in [9.17, 15) is 4.79 Å². The van der Waals surface area contributed by atoms with Crippen molar-refractivity contribution in [3.63, 3.8) is 0 Å². The molecular formula is C11H13NO2. The van der Waals surface area contributed by atoms with Gasteiger partial charge in [0.2, 0.25) is 0 Å². The molecule has 0 aliphatic heterocycles. The van der Waals surface area contributed by atoms with Crippen LogP contribution in [0.1, 0.15) is 23.7 Å². The Bertz CT molecular complexity index is 324. The monoisotopic (exact) mass is 191 g/mol. The average molecular weight is 191 g/mol. The highest BCUT2D eigenvalue weighted by Gasteiger charge is 2.04. The lowest BCUT2D eigenvalue weighted by Crippen LogP contribution is -2.04. The zero-order valence-electron chi connectivity index (χ0n) is 8.36. The summed E-state index contributed by atoms with van der Waals surface area (Å²) in [7, 11) is 1.51. The molecule has 74 valence electrons. The smallest absolute Gasteiger partial charge is 0.279 e. The van der Waals surface area contributed by atoms with E-state index in [0.717, 1.165) is 0 Å². The first kappa shape index (κ1) is 10.4. The molecule has 1 amide bonds. The van der Waals surface area contributed by atoms with E-state index in [-0.39, 0.29) is 5.91 Å². The van der Waals surface area contributed by atoms with Gasteiger partial charge >= 0.3 is 0 Å². The number of hydrogen-bond acceptors (Lipinski definition) is 2. The van der Waals surface area contributed by atoms with Crippen molar-refractivity contribution in [3.8, 4) is 0 Å². The first-order valence-electron chi connectivity index (χ1n) is 4.49. The Labute approximate surface area is 83.4 Å². The highest BCUT2D eigenvalue weighted by Crippen LogP contribution is 2.01. The van der Waals surface area contributed by atoms with Crippen LogP contribution in [0.2, 0.25) is 0 Å². The van der Waals surface area contributed by atoms with Crippen molar-refractivity contribution in [2.24, 2.45) is 4.99 Å². The van der Waals surface area contributed by atoms with Gasteiger partial charge in [0.15, 0.2) is 5.90 Å². The zero-order valence-corrected chi connectivity index (χ0v) is 8.36. The lowest BCUT2D eigenvalue weighted by Gasteiger charge is -2.00. The minimum atomic E-state index is -0.260. The summed E-state index contributed by atoms with van der Waals surface area (Å²) < 4.78 is 4.92. The molecule has 1 rings (SSSR count). The maximum absolute atomic E-state index is 11.5. The van der Waals surface area contributed by atoms with Gasteiger partial charge < -0.3 is 4.74 Å². The van der Waals surface area contributed by atoms with Gasteiger partial charge in [-0.05, 0) is 12.1 Å². The van der Waals surface area contributed by atoms with Crippen molar-refractivity contribution in [2.45, 2.75) is 13.3 Å². The van der Waals surface area contributed by atoms with Gasteiger partial charge in [-0.3, -0.25) is 4.79 Å². The number of aliphatic imine (C=N–C) groups is 1. The molecule has 1 aromatic rings. The normalized spacial score (nSPS) is 11.1. The Kier molecular flexibility index (Phi) is 3.85. The van der Waals surface area contributed by atoms with Gasteiger partial charge in [0, 0.05) is 12.0 Å². The maximum atomic E-state index is 11.5. The number of benzene rings is 1. The second kappa shape index (κ2) is 5.17. The fraction of sp³-hybridized carbons (Fsp3) is 0.273. The standard InChI is InChI=1S/C11H13NO2/c1-3-10(14-2)12-11(13)9-7-5-4-6-8-9/h4-8H,3H2,1-2H3/b12-10+. The largest absolute Gasteiger partial charge is 0.484 e. The number of carbonyl (C=O) groups is 1. The number of nitrogens with zero attached hydrogens (tertiary/aromatic N) is 1. The number of carbonyl (C=O) groups excluding carboxylic acids is 1. The molecule has 0 unspecified atom stereocenters. The van der Waals surface area contributed by atoms with Crippen molar-refractivity contribution in [2.75, 3.05) is 7.11 Å². The first-order valence-corrected chi connectivity index (χ1v) is 4.49. The van der Waals surface area contributed by atoms with E-state index < -0.39 is 0 Å². The van der Waals surface area contributed by atoms with Crippen LogP contribution in [0.5, 0.6) is 0 Å². The van der Waals surface area contributed by atoms with E-state index in [1.165, 1.54) is 7.11 Å². The Morgan fingerprint density at radius 3 is 2.50 bits per heavy atom. The van der Waals surface area contributed by atoms with Crippen LogP contribution in [0.15, 0.2) is 35.3 Å². The molecule has 0 heterocycles. The molecule has 0 bridgehead atoms. The predicted molar refractivity (Wildman–Crippen MR) is 55.5 cm³/mol. The lowest BCUT2D eigenvalue weighted by molar-refractivity contribution is 0.0999. The number of methoxy groups -OCH3 is 1. The van der Waals surface area contributed by atoms with Crippen LogP contribution in [0.3, 0.4) is 0 Å². The van der Waals surface area contributed by atoms with E-state index in [1.54, 1.807) is 24.3 Å². The third-order valence-electron chi connectivity index (χ3n) is 1.79. The Hall–Kier alpha value is -1.64. The van der Waals surface area contributed by atoms with Crippen molar-refractivity contribution in [3.05, 3.63) is 35.9 Å². The van der Waals surface area contributed by atoms with Crippen LogP contribution in [-0.4, -0.2) is 18.9 Å². The predicted octanol–water partition coefficient (Wildman–Crippen LogP) is 2.28. The van der Waals surface area contributed by atoms with Gasteiger partial charge in [-0.1, -0.05) is 25.1 Å². The second-order valence-corrected chi connectivity index (χ2v) is 2.73. The maximum Gasteiger partial charge on any atom is 0.279 e. The summed E-state index contributed by atoms with van der Waals surface area (Å²) in [6.45, 7) is 1.89. The van der Waals surface area contributed by atoms with Gasteiger partial charge in [0.05, 0.1) is 7.11 Å². The Morgan fingerprint density at radius 1 is 1.36 bits per heavy atom. The first-order chi connectivity index (χ1) is 6.77.